The van der Waals surface area contributed by atoms with E-state index in [4.69, 9.17) is 9.15 Å². The fraction of sp³-hybridized carbons (Fsp3) is 0.571. The number of allylic oxidation sites excluding steroid dienone is 4. The van der Waals surface area contributed by atoms with E-state index in [1.807, 2.05) is 0 Å². The fourth-order valence-electron chi connectivity index (χ4n) is 4.11. The highest BCUT2D eigenvalue weighted by atomic mass is 19.4. The average molecular weight is 453 g/mol. The lowest BCUT2D eigenvalue weighted by Gasteiger charge is -2.45. The van der Waals surface area contributed by atoms with Crippen LogP contribution in [0.5, 0.6) is 0 Å². The van der Waals surface area contributed by atoms with Crippen molar-refractivity contribution in [3.05, 3.63) is 35.7 Å². The van der Waals surface area contributed by atoms with Crippen LogP contribution in [0.1, 0.15) is 17.7 Å². The molecular weight excluding hydrogens is 427 g/mol. The Hall–Kier alpha value is -2.50. The minimum atomic E-state index is -4.82. The Morgan fingerprint density at radius 3 is 2.53 bits per heavy atom. The van der Waals surface area contributed by atoms with E-state index in [1.165, 1.54) is 0 Å². The van der Waals surface area contributed by atoms with Gasteiger partial charge in [-0.2, -0.15) is 13.2 Å². The number of likely N-dealkylation sites (tertiary alicyclic amines) is 1. The number of hydrogen-bond donors (Lipinski definition) is 1. The van der Waals surface area contributed by atoms with Crippen LogP contribution < -0.4 is 0 Å². The third-order valence-electron chi connectivity index (χ3n) is 5.81. The maximum atomic E-state index is 12.8. The number of rotatable bonds is 5. The predicted octanol–water partition coefficient (Wildman–Crippen LogP) is 1.96. The van der Waals surface area contributed by atoms with Gasteiger partial charge in [0, 0.05) is 58.3 Å². The lowest BCUT2D eigenvalue weighted by molar-refractivity contribution is -0.208. The Kier molecular flexibility index (Phi) is 6.50. The summed E-state index contributed by atoms with van der Waals surface area (Å²) in [4.78, 5) is 17.1. The molecule has 3 heterocycles. The molecule has 1 aromatic rings. The molecule has 32 heavy (non-hydrogen) atoms. The molecule has 1 aromatic heterocycles. The van der Waals surface area contributed by atoms with Gasteiger partial charge in [0.2, 0.25) is 5.89 Å². The molecule has 1 N–H and O–H groups in total. The van der Waals surface area contributed by atoms with Crippen molar-refractivity contribution in [2.24, 2.45) is 15.9 Å². The quantitative estimate of drug-likeness (QED) is 0.686. The van der Waals surface area contributed by atoms with Crippen molar-refractivity contribution in [2.45, 2.75) is 12.3 Å². The second-order valence-corrected chi connectivity index (χ2v) is 8.02. The van der Waals surface area contributed by atoms with Gasteiger partial charge in [0.25, 0.3) is 0 Å². The first-order chi connectivity index (χ1) is 15.3. The standard InChI is InChI=1S/C21H26F3N5O3/c1-25-15-7-14(20-27-16(12-32-20)19(30)21(22,23)24)8-17(18(15)26-2)29-10-13(11-29)9-28-3-5-31-6-4-28/h7-8,12-13,19,30H,3-6,9-11H2,1-2H3. The highest BCUT2D eigenvalue weighted by Crippen LogP contribution is 2.34. The van der Waals surface area contributed by atoms with Gasteiger partial charge in [-0.25, -0.2) is 4.98 Å². The van der Waals surface area contributed by atoms with E-state index in [9.17, 15) is 18.3 Å². The van der Waals surface area contributed by atoms with Crippen LogP contribution in [0, 0.1) is 5.92 Å². The summed E-state index contributed by atoms with van der Waals surface area (Å²) >= 11 is 0. The van der Waals surface area contributed by atoms with Crippen LogP contribution in [0.3, 0.4) is 0 Å². The van der Waals surface area contributed by atoms with E-state index in [2.05, 4.69) is 24.8 Å². The van der Waals surface area contributed by atoms with Crippen LogP contribution >= 0.6 is 0 Å². The zero-order valence-electron chi connectivity index (χ0n) is 18.0. The predicted molar refractivity (Wildman–Crippen MR) is 113 cm³/mol. The molecule has 0 spiro atoms. The van der Waals surface area contributed by atoms with E-state index in [1.54, 1.807) is 26.2 Å². The molecule has 0 amide bonds. The van der Waals surface area contributed by atoms with Crippen LogP contribution in [0.25, 0.3) is 5.57 Å². The first-order valence-corrected chi connectivity index (χ1v) is 10.4. The van der Waals surface area contributed by atoms with Crippen molar-refractivity contribution in [3.8, 4) is 0 Å². The summed E-state index contributed by atoms with van der Waals surface area (Å²) in [6.45, 7) is 6.10. The number of aromatic nitrogens is 1. The lowest BCUT2D eigenvalue weighted by atomic mass is 9.92. The Bertz CT molecular complexity index is 954. The Morgan fingerprint density at radius 2 is 1.91 bits per heavy atom. The van der Waals surface area contributed by atoms with Gasteiger partial charge in [0.1, 0.15) is 17.7 Å². The molecular formula is C21H26F3N5O3. The molecule has 1 aliphatic carbocycles. The zero-order valence-corrected chi connectivity index (χ0v) is 18.0. The Balaban J connectivity index is 1.52. The molecule has 1 unspecified atom stereocenters. The normalized spacial score (nSPS) is 24.5. The minimum Gasteiger partial charge on any atom is -0.444 e. The molecule has 0 saturated carbocycles. The van der Waals surface area contributed by atoms with E-state index in [0.29, 0.717) is 22.9 Å². The second-order valence-electron chi connectivity index (χ2n) is 8.02. The lowest BCUT2D eigenvalue weighted by Crippen LogP contribution is -2.53. The van der Waals surface area contributed by atoms with Crippen molar-refractivity contribution in [1.29, 1.82) is 0 Å². The molecule has 0 aromatic carbocycles. The van der Waals surface area contributed by atoms with Crippen molar-refractivity contribution in [1.82, 2.24) is 14.8 Å². The number of morpholine rings is 1. The summed E-state index contributed by atoms with van der Waals surface area (Å²) in [6.07, 6.45) is -3.21. The van der Waals surface area contributed by atoms with Crippen LogP contribution in [0.15, 0.2) is 38.5 Å². The molecule has 1 atom stereocenters. The molecule has 11 heteroatoms. The number of nitrogens with zero attached hydrogens (tertiary/aromatic N) is 5. The van der Waals surface area contributed by atoms with Crippen molar-refractivity contribution >= 4 is 17.0 Å². The van der Waals surface area contributed by atoms with E-state index < -0.39 is 18.0 Å². The number of halogens is 3. The summed E-state index contributed by atoms with van der Waals surface area (Å²) in [6, 6.07) is 0. The summed E-state index contributed by atoms with van der Waals surface area (Å²) in [5, 5.41) is 9.45. The van der Waals surface area contributed by atoms with E-state index in [-0.39, 0.29) is 5.89 Å². The van der Waals surface area contributed by atoms with E-state index in [0.717, 1.165) is 57.9 Å². The zero-order chi connectivity index (χ0) is 22.9. The Morgan fingerprint density at radius 1 is 1.19 bits per heavy atom. The molecule has 2 aliphatic heterocycles. The maximum absolute atomic E-state index is 12.8. The first-order valence-electron chi connectivity index (χ1n) is 10.4. The summed E-state index contributed by atoms with van der Waals surface area (Å²) in [5.41, 5.74) is 2.03. The monoisotopic (exact) mass is 453 g/mol. The van der Waals surface area contributed by atoms with Gasteiger partial charge < -0.3 is 19.2 Å². The smallest absolute Gasteiger partial charge is 0.420 e. The van der Waals surface area contributed by atoms with Crippen LogP contribution in [0.2, 0.25) is 0 Å². The fourth-order valence-corrected chi connectivity index (χ4v) is 4.11. The number of oxazole rings is 1. The van der Waals surface area contributed by atoms with Crippen LogP contribution in [0.4, 0.5) is 13.2 Å². The van der Waals surface area contributed by atoms with Gasteiger partial charge in [-0.15, -0.1) is 0 Å². The van der Waals surface area contributed by atoms with Gasteiger partial charge in [-0.05, 0) is 12.2 Å². The molecule has 4 rings (SSSR count). The maximum Gasteiger partial charge on any atom is 0.420 e. The van der Waals surface area contributed by atoms with Gasteiger partial charge in [-0.1, -0.05) is 0 Å². The molecule has 2 fully saturated rings. The van der Waals surface area contributed by atoms with Crippen molar-refractivity contribution in [2.75, 3.05) is 60.0 Å². The number of aliphatic imine (C=N–C) groups is 2. The Labute approximate surface area is 183 Å². The summed E-state index contributed by atoms with van der Waals surface area (Å²) in [7, 11) is 3.31. The van der Waals surface area contributed by atoms with Crippen molar-refractivity contribution < 1.29 is 27.4 Å². The molecule has 174 valence electrons. The first kappa shape index (κ1) is 22.7. The third-order valence-corrected chi connectivity index (χ3v) is 5.81. The van der Waals surface area contributed by atoms with Gasteiger partial charge >= 0.3 is 6.18 Å². The van der Waals surface area contributed by atoms with Gasteiger partial charge in [0.05, 0.1) is 24.6 Å². The largest absolute Gasteiger partial charge is 0.444 e. The van der Waals surface area contributed by atoms with E-state index >= 15 is 0 Å². The number of alkyl halides is 3. The number of hydrogen-bond acceptors (Lipinski definition) is 8. The summed E-state index contributed by atoms with van der Waals surface area (Å²) in [5.74, 6) is 0.501. The molecule has 0 bridgehead atoms. The number of ether oxygens (including phenoxy) is 1. The topological polar surface area (TPSA) is 86.7 Å². The molecule has 8 nitrogen and oxygen atoms in total. The SMILES string of the molecule is CN=C1C=C(c2nc(C(O)C(F)(F)F)co2)C=C(N2CC(CN3CCOCC3)C2)C1=NC. The average Bonchev–Trinajstić information content (AvgIpc) is 3.24. The highest BCUT2D eigenvalue weighted by molar-refractivity contribution is 6.54. The molecule has 0 radical (unpaired) electrons. The molecule has 2 saturated heterocycles. The number of aliphatic hydroxyl groups excluding tert-OH is 1. The molecule has 3 aliphatic rings. The second kappa shape index (κ2) is 9.16. The third kappa shape index (κ3) is 4.64. The number of aliphatic hydroxyl groups is 1. The van der Waals surface area contributed by atoms with Crippen molar-refractivity contribution in [3.63, 3.8) is 0 Å². The minimum absolute atomic E-state index is 0.0116. The summed E-state index contributed by atoms with van der Waals surface area (Å²) < 4.78 is 49.1. The van der Waals surface area contributed by atoms with Gasteiger partial charge in [-0.3, -0.25) is 14.9 Å². The van der Waals surface area contributed by atoms with Gasteiger partial charge in [0.15, 0.2) is 6.10 Å². The highest BCUT2D eigenvalue weighted by Gasteiger charge is 2.42. The van der Waals surface area contributed by atoms with Crippen LogP contribution in [-0.4, -0.2) is 97.5 Å². The van der Waals surface area contributed by atoms with Crippen LogP contribution in [-0.2, 0) is 4.74 Å².